The smallest absolute Gasteiger partial charge is 0.266 e. The molecule has 1 heterocycles. The van der Waals surface area contributed by atoms with Crippen molar-refractivity contribution in [2.24, 2.45) is 0 Å². The van der Waals surface area contributed by atoms with Gasteiger partial charge in [0.2, 0.25) is 11.8 Å². The molecular formula is C22H21N3O5S. The molecule has 160 valence electrons. The zero-order chi connectivity index (χ0) is 22.3. The first kappa shape index (κ1) is 22.0. The maximum atomic E-state index is 12.8. The van der Waals surface area contributed by atoms with Crippen LogP contribution in [0.2, 0.25) is 0 Å². The van der Waals surface area contributed by atoms with Gasteiger partial charge < -0.3 is 10.1 Å². The van der Waals surface area contributed by atoms with E-state index in [1.54, 1.807) is 55.6 Å². The second-order valence-corrected chi connectivity index (χ2v) is 8.18. The molecule has 0 aliphatic rings. The Kier molecular flexibility index (Phi) is 6.99. The third kappa shape index (κ3) is 5.89. The highest BCUT2D eigenvalue weighted by atomic mass is 32.2. The van der Waals surface area contributed by atoms with Crippen LogP contribution in [-0.2, 0) is 14.8 Å². The summed E-state index contributed by atoms with van der Waals surface area (Å²) < 4.78 is 32.9. The van der Waals surface area contributed by atoms with Crippen molar-refractivity contribution in [1.82, 2.24) is 9.71 Å². The molecule has 0 saturated heterocycles. The number of nitrogens with one attached hydrogen (secondary N) is 2. The van der Waals surface area contributed by atoms with Gasteiger partial charge in [-0.05, 0) is 42.8 Å². The first-order chi connectivity index (χ1) is 14.9. The average Bonchev–Trinajstić information content (AvgIpc) is 2.75. The lowest BCUT2D eigenvalue weighted by Crippen LogP contribution is -2.31. The van der Waals surface area contributed by atoms with E-state index in [1.165, 1.54) is 24.3 Å². The number of nitrogens with zero attached hydrogens (tertiary/aromatic N) is 1. The fraction of sp³-hybridized carbons (Fsp3) is 0.136. The van der Waals surface area contributed by atoms with Gasteiger partial charge in [-0.1, -0.05) is 31.2 Å². The molecule has 31 heavy (non-hydrogen) atoms. The lowest BCUT2D eigenvalue weighted by Gasteiger charge is -2.13. The van der Waals surface area contributed by atoms with Crippen molar-refractivity contribution < 1.29 is 22.7 Å². The van der Waals surface area contributed by atoms with Crippen molar-refractivity contribution in [3.05, 3.63) is 78.5 Å². The molecule has 9 heteroatoms. The summed E-state index contributed by atoms with van der Waals surface area (Å²) in [5.41, 5.74) is 0.316. The van der Waals surface area contributed by atoms with Gasteiger partial charge in [-0.2, -0.15) is 0 Å². The second-order valence-electron chi connectivity index (χ2n) is 6.53. The summed E-state index contributed by atoms with van der Waals surface area (Å²) in [5.74, 6) is -0.365. The first-order valence-corrected chi connectivity index (χ1v) is 11.0. The predicted molar refractivity (Wildman–Crippen MR) is 115 cm³/mol. The van der Waals surface area contributed by atoms with E-state index in [1.807, 2.05) is 4.72 Å². The van der Waals surface area contributed by atoms with Crippen LogP contribution in [0.4, 0.5) is 5.69 Å². The van der Waals surface area contributed by atoms with Gasteiger partial charge in [0.1, 0.15) is 10.6 Å². The lowest BCUT2D eigenvalue weighted by molar-refractivity contribution is -0.119. The predicted octanol–water partition coefficient (Wildman–Crippen LogP) is 3.73. The van der Waals surface area contributed by atoms with Crippen molar-refractivity contribution in [1.29, 1.82) is 0 Å². The van der Waals surface area contributed by atoms with E-state index >= 15 is 0 Å². The summed E-state index contributed by atoms with van der Waals surface area (Å²) in [4.78, 5) is 28.4. The maximum Gasteiger partial charge on any atom is 0.266 e. The van der Waals surface area contributed by atoms with Crippen molar-refractivity contribution >= 4 is 27.5 Å². The molecule has 0 saturated carbocycles. The highest BCUT2D eigenvalue weighted by molar-refractivity contribution is 7.90. The topological polar surface area (TPSA) is 114 Å². The number of sulfonamides is 1. The molecular weight excluding hydrogens is 418 g/mol. The number of carbonyl (C=O) groups is 2. The van der Waals surface area contributed by atoms with Crippen molar-refractivity contribution in [2.45, 2.75) is 24.7 Å². The number of rotatable bonds is 8. The van der Waals surface area contributed by atoms with Crippen LogP contribution in [0.5, 0.6) is 11.6 Å². The summed E-state index contributed by atoms with van der Waals surface area (Å²) in [5, 5.41) is 2.59. The molecule has 1 aromatic heterocycles. The number of pyridine rings is 1. The van der Waals surface area contributed by atoms with E-state index in [2.05, 4.69) is 10.3 Å². The molecule has 8 nitrogen and oxygen atoms in total. The van der Waals surface area contributed by atoms with Crippen LogP contribution < -0.4 is 14.8 Å². The van der Waals surface area contributed by atoms with Gasteiger partial charge >= 0.3 is 0 Å². The molecule has 2 N–H and O–H groups in total. The van der Waals surface area contributed by atoms with Crippen LogP contribution in [0, 0.1) is 0 Å². The van der Waals surface area contributed by atoms with E-state index in [9.17, 15) is 18.0 Å². The molecule has 0 spiro atoms. The van der Waals surface area contributed by atoms with Gasteiger partial charge in [0.15, 0.2) is 0 Å². The number of ether oxygens (including phenoxy) is 1. The van der Waals surface area contributed by atoms with E-state index in [4.69, 9.17) is 4.74 Å². The van der Waals surface area contributed by atoms with Gasteiger partial charge in [-0.3, -0.25) is 9.59 Å². The third-order valence-corrected chi connectivity index (χ3v) is 5.54. The van der Waals surface area contributed by atoms with Crippen LogP contribution >= 0.6 is 0 Å². The van der Waals surface area contributed by atoms with E-state index in [0.717, 1.165) is 0 Å². The summed E-state index contributed by atoms with van der Waals surface area (Å²) in [6, 6.07) is 17.5. The third-order valence-electron chi connectivity index (χ3n) is 4.11. The highest BCUT2D eigenvalue weighted by Gasteiger charge is 2.22. The zero-order valence-corrected chi connectivity index (χ0v) is 17.6. The molecule has 0 bridgehead atoms. The summed E-state index contributed by atoms with van der Waals surface area (Å²) in [6.45, 7) is 1.77. The van der Waals surface area contributed by atoms with Crippen LogP contribution in [0.3, 0.4) is 0 Å². The SMILES string of the molecule is CCCC(=O)NS(=O)(=O)c1ccccc1NC(=O)c1cccc(Oc2ccccn2)c1. The number of benzene rings is 2. The van der Waals surface area contributed by atoms with Crippen molar-refractivity contribution in [2.75, 3.05) is 5.32 Å². The molecule has 0 radical (unpaired) electrons. The summed E-state index contributed by atoms with van der Waals surface area (Å²) in [6.07, 6.45) is 2.18. The molecule has 2 amide bonds. The van der Waals surface area contributed by atoms with E-state index in [0.29, 0.717) is 18.1 Å². The van der Waals surface area contributed by atoms with Gasteiger partial charge in [0, 0.05) is 24.2 Å². The molecule has 0 atom stereocenters. The number of hydrogen-bond acceptors (Lipinski definition) is 6. The maximum absolute atomic E-state index is 12.8. The van der Waals surface area contributed by atoms with Gasteiger partial charge in [0.05, 0.1) is 5.69 Å². The van der Waals surface area contributed by atoms with Crippen LogP contribution in [0.1, 0.15) is 30.1 Å². The Labute approximate surface area is 180 Å². The van der Waals surface area contributed by atoms with Gasteiger partial charge in [-0.25, -0.2) is 18.1 Å². The Morgan fingerprint density at radius 2 is 1.77 bits per heavy atom. The fourth-order valence-electron chi connectivity index (χ4n) is 2.71. The van der Waals surface area contributed by atoms with Crippen LogP contribution in [0.25, 0.3) is 0 Å². The monoisotopic (exact) mass is 439 g/mol. The van der Waals surface area contributed by atoms with E-state index in [-0.39, 0.29) is 22.6 Å². The Bertz CT molecular complexity index is 1180. The molecule has 3 rings (SSSR count). The molecule has 0 aliphatic heterocycles. The quantitative estimate of drug-likeness (QED) is 0.553. The average molecular weight is 439 g/mol. The normalized spacial score (nSPS) is 10.9. The Hall–Kier alpha value is -3.72. The van der Waals surface area contributed by atoms with Gasteiger partial charge in [-0.15, -0.1) is 0 Å². The minimum Gasteiger partial charge on any atom is -0.439 e. The largest absolute Gasteiger partial charge is 0.439 e. The molecule has 2 aromatic carbocycles. The lowest BCUT2D eigenvalue weighted by atomic mass is 10.2. The second kappa shape index (κ2) is 9.86. The minimum absolute atomic E-state index is 0.0559. The number of carbonyl (C=O) groups excluding carboxylic acids is 2. The number of anilines is 1. The number of hydrogen-bond donors (Lipinski definition) is 2. The Balaban J connectivity index is 1.80. The number of para-hydroxylation sites is 1. The highest BCUT2D eigenvalue weighted by Crippen LogP contribution is 2.24. The zero-order valence-electron chi connectivity index (χ0n) is 16.7. The van der Waals surface area contributed by atoms with Crippen LogP contribution in [-0.4, -0.2) is 25.2 Å². The fourth-order valence-corrected chi connectivity index (χ4v) is 3.89. The molecule has 0 unspecified atom stereocenters. The summed E-state index contributed by atoms with van der Waals surface area (Å²) in [7, 11) is -4.14. The standard InChI is InChI=1S/C22H21N3O5S/c1-2-8-20(26)25-31(28,29)19-12-4-3-11-18(19)24-22(27)16-9-7-10-17(15-16)30-21-13-5-6-14-23-21/h3-7,9-15H,2,8H2,1H3,(H,24,27)(H,25,26). The van der Waals surface area contributed by atoms with Crippen molar-refractivity contribution in [3.8, 4) is 11.6 Å². The number of aromatic nitrogens is 1. The number of amides is 2. The Morgan fingerprint density at radius 3 is 2.52 bits per heavy atom. The van der Waals surface area contributed by atoms with Crippen LogP contribution in [0.15, 0.2) is 77.8 Å². The minimum atomic E-state index is -4.14. The molecule has 3 aromatic rings. The summed E-state index contributed by atoms with van der Waals surface area (Å²) >= 11 is 0. The van der Waals surface area contributed by atoms with Gasteiger partial charge in [0.25, 0.3) is 15.9 Å². The Morgan fingerprint density at radius 1 is 1.00 bits per heavy atom. The van der Waals surface area contributed by atoms with Crippen molar-refractivity contribution in [3.63, 3.8) is 0 Å². The van der Waals surface area contributed by atoms with E-state index < -0.39 is 21.8 Å². The molecule has 0 fully saturated rings. The first-order valence-electron chi connectivity index (χ1n) is 9.54. The molecule has 0 aliphatic carbocycles.